The third kappa shape index (κ3) is 47.8. The van der Waals surface area contributed by atoms with Crippen molar-refractivity contribution < 1.29 is 4.79 Å². The quantitative estimate of drug-likeness (QED) is 0.0449. The van der Waals surface area contributed by atoms with Gasteiger partial charge in [-0.15, -0.1) is 0 Å². The lowest BCUT2D eigenvalue weighted by molar-refractivity contribution is -0.134. The van der Waals surface area contributed by atoms with E-state index in [1.807, 2.05) is 0 Å². The fraction of sp³-hybridized carbons (Fsp3) is 0.787. The van der Waals surface area contributed by atoms with Gasteiger partial charge < -0.3 is 9.80 Å². The van der Waals surface area contributed by atoms with Gasteiger partial charge in [-0.05, 0) is 143 Å². The molecule has 0 saturated carbocycles. The highest BCUT2D eigenvalue weighted by Gasteiger charge is 2.22. The number of hydrogen-bond acceptors (Lipinski definition) is 2. The van der Waals surface area contributed by atoms with Gasteiger partial charge in [0.05, 0.1) is 0 Å². The number of allylic oxidation sites excluding steroid dienone is 12. The molecule has 0 N–H and O–H groups in total. The monoisotopic (exact) mass is 889 g/mol. The number of unbranched alkanes of at least 4 members (excludes halogenated alkanes) is 27. The van der Waals surface area contributed by atoms with Gasteiger partial charge in [-0.1, -0.05) is 222 Å². The summed E-state index contributed by atoms with van der Waals surface area (Å²) in [5.74, 6) is 0.435. The normalized spacial score (nSPS) is 12.5. The summed E-state index contributed by atoms with van der Waals surface area (Å²) < 4.78 is 0. The summed E-state index contributed by atoms with van der Waals surface area (Å²) in [7, 11) is 4.34. The van der Waals surface area contributed by atoms with E-state index in [9.17, 15) is 4.79 Å². The van der Waals surface area contributed by atoms with Gasteiger partial charge in [-0.2, -0.15) is 0 Å². The van der Waals surface area contributed by atoms with Crippen molar-refractivity contribution in [2.75, 3.05) is 27.2 Å². The van der Waals surface area contributed by atoms with Gasteiger partial charge in [0.1, 0.15) is 0 Å². The van der Waals surface area contributed by atoms with Crippen LogP contribution in [0.3, 0.4) is 0 Å². The molecule has 0 heterocycles. The summed E-state index contributed by atoms with van der Waals surface area (Å²) in [4.78, 5) is 18.7. The van der Waals surface area contributed by atoms with Crippen molar-refractivity contribution in [1.82, 2.24) is 9.80 Å². The zero-order chi connectivity index (χ0) is 46.5. The Morgan fingerprint density at radius 3 is 1.00 bits per heavy atom. The topological polar surface area (TPSA) is 23.6 Å². The fourth-order valence-electron chi connectivity index (χ4n) is 8.67. The van der Waals surface area contributed by atoms with Crippen molar-refractivity contribution in [3.8, 4) is 0 Å². The Kier molecular flexibility index (Phi) is 51.7. The minimum absolute atomic E-state index is 0.411. The van der Waals surface area contributed by atoms with E-state index >= 15 is 0 Å². The number of nitrogens with zero attached hydrogens (tertiary/aromatic N) is 2. The maximum Gasteiger partial charge on any atom is 0.222 e. The summed E-state index contributed by atoms with van der Waals surface area (Å²) in [5, 5.41) is 0. The Morgan fingerprint density at radius 2 is 0.641 bits per heavy atom. The molecule has 0 aliphatic heterocycles. The van der Waals surface area contributed by atoms with Gasteiger partial charge in [0.15, 0.2) is 0 Å². The molecule has 0 atom stereocenters. The number of rotatable bonds is 50. The zero-order valence-electron chi connectivity index (χ0n) is 44.0. The Bertz CT molecular complexity index is 1060. The molecular formula is C61H112N2O. The lowest BCUT2D eigenvalue weighted by Crippen LogP contribution is -2.41. The minimum Gasteiger partial charge on any atom is -0.340 e. The maximum atomic E-state index is 14.0. The minimum atomic E-state index is 0.411. The SMILES string of the molecule is CCCCC/C=C\C/C=C\CCCCCCCCC(CCCCCCCC/C=C\C/C=C\CCCCC)N(CCCN(C)C)C(=O)CCCCCCC/C=C\C/C=C\CCCCCC. The molecule has 0 saturated heterocycles. The summed E-state index contributed by atoms with van der Waals surface area (Å²) in [6.45, 7) is 8.80. The predicted molar refractivity (Wildman–Crippen MR) is 291 cm³/mol. The molecule has 0 aliphatic rings. The van der Waals surface area contributed by atoms with Crippen LogP contribution >= 0.6 is 0 Å². The maximum absolute atomic E-state index is 14.0. The second-order valence-electron chi connectivity index (χ2n) is 19.5. The van der Waals surface area contributed by atoms with E-state index in [1.54, 1.807) is 0 Å². The molecule has 372 valence electrons. The third-order valence-electron chi connectivity index (χ3n) is 12.8. The van der Waals surface area contributed by atoms with Crippen LogP contribution in [0.15, 0.2) is 72.9 Å². The average molecular weight is 890 g/mol. The Balaban J connectivity index is 4.86. The van der Waals surface area contributed by atoms with Crippen LogP contribution < -0.4 is 0 Å². The molecule has 0 fully saturated rings. The third-order valence-corrected chi connectivity index (χ3v) is 12.8. The fourth-order valence-corrected chi connectivity index (χ4v) is 8.67. The molecular weight excluding hydrogens is 777 g/mol. The molecule has 0 aliphatic carbocycles. The molecule has 0 aromatic rings. The van der Waals surface area contributed by atoms with Crippen molar-refractivity contribution in [1.29, 1.82) is 0 Å². The molecule has 1 amide bonds. The first kappa shape index (κ1) is 61.9. The molecule has 0 aromatic carbocycles. The van der Waals surface area contributed by atoms with E-state index in [-0.39, 0.29) is 0 Å². The van der Waals surface area contributed by atoms with Gasteiger partial charge >= 0.3 is 0 Å². The second-order valence-corrected chi connectivity index (χ2v) is 19.5. The van der Waals surface area contributed by atoms with Crippen LogP contribution in [0.25, 0.3) is 0 Å². The van der Waals surface area contributed by atoms with Gasteiger partial charge in [0, 0.05) is 19.0 Å². The van der Waals surface area contributed by atoms with Crippen LogP contribution in [0.2, 0.25) is 0 Å². The van der Waals surface area contributed by atoms with E-state index in [2.05, 4.69) is 118 Å². The highest BCUT2D eigenvalue weighted by atomic mass is 16.2. The van der Waals surface area contributed by atoms with Crippen molar-refractivity contribution in [3.63, 3.8) is 0 Å². The van der Waals surface area contributed by atoms with E-state index in [0.29, 0.717) is 11.9 Å². The molecule has 0 bridgehead atoms. The molecule has 0 radical (unpaired) electrons. The number of hydrogen-bond donors (Lipinski definition) is 0. The van der Waals surface area contributed by atoms with E-state index in [1.165, 1.54) is 218 Å². The molecule has 0 unspecified atom stereocenters. The second kappa shape index (κ2) is 53.5. The summed E-state index contributed by atoms with van der Waals surface area (Å²) in [5.41, 5.74) is 0. The van der Waals surface area contributed by atoms with Crippen molar-refractivity contribution in [3.05, 3.63) is 72.9 Å². The number of carbonyl (C=O) groups excluding carboxylic acids is 1. The predicted octanol–water partition coefficient (Wildman–Crippen LogP) is 19.7. The first-order valence-electron chi connectivity index (χ1n) is 28.4. The van der Waals surface area contributed by atoms with E-state index in [0.717, 1.165) is 51.6 Å². The van der Waals surface area contributed by atoms with E-state index in [4.69, 9.17) is 0 Å². The van der Waals surface area contributed by atoms with Crippen LogP contribution in [0.1, 0.15) is 278 Å². The molecule has 0 spiro atoms. The highest BCUT2D eigenvalue weighted by Crippen LogP contribution is 2.22. The first-order valence-corrected chi connectivity index (χ1v) is 28.4. The van der Waals surface area contributed by atoms with Crippen molar-refractivity contribution in [2.45, 2.75) is 284 Å². The average Bonchev–Trinajstić information content (AvgIpc) is 3.29. The number of carbonyl (C=O) groups is 1. The van der Waals surface area contributed by atoms with Gasteiger partial charge in [0.2, 0.25) is 5.91 Å². The lowest BCUT2D eigenvalue weighted by atomic mass is 9.97. The Morgan fingerprint density at radius 1 is 0.344 bits per heavy atom. The Labute approximate surface area is 402 Å². The van der Waals surface area contributed by atoms with Crippen LogP contribution in [0.4, 0.5) is 0 Å². The van der Waals surface area contributed by atoms with Crippen molar-refractivity contribution >= 4 is 5.91 Å². The van der Waals surface area contributed by atoms with Crippen LogP contribution in [0.5, 0.6) is 0 Å². The lowest BCUT2D eigenvalue weighted by Gasteiger charge is -2.33. The summed E-state index contributed by atoms with van der Waals surface area (Å²) >= 11 is 0. The summed E-state index contributed by atoms with van der Waals surface area (Å²) in [6, 6.07) is 0.411. The van der Waals surface area contributed by atoms with Gasteiger partial charge in [-0.25, -0.2) is 0 Å². The molecule has 0 rings (SSSR count). The van der Waals surface area contributed by atoms with Crippen LogP contribution in [-0.2, 0) is 4.79 Å². The Hall–Kier alpha value is -2.13. The van der Waals surface area contributed by atoms with Crippen LogP contribution in [0, 0.1) is 0 Å². The molecule has 64 heavy (non-hydrogen) atoms. The largest absolute Gasteiger partial charge is 0.340 e. The molecule has 0 aromatic heterocycles. The smallest absolute Gasteiger partial charge is 0.222 e. The zero-order valence-corrected chi connectivity index (χ0v) is 44.0. The first-order chi connectivity index (χ1) is 31.6. The summed E-state index contributed by atoms with van der Waals surface area (Å²) in [6.07, 6.45) is 78.3. The molecule has 3 heteroatoms. The number of amides is 1. The van der Waals surface area contributed by atoms with Gasteiger partial charge in [-0.3, -0.25) is 4.79 Å². The van der Waals surface area contributed by atoms with Gasteiger partial charge in [0.25, 0.3) is 0 Å². The standard InChI is InChI=1S/C61H112N2O/c1-6-9-12-15-18-21-24-27-30-33-36-39-42-45-48-51-55-60(56-52-49-46-43-40-37-34-31-28-25-22-19-16-13-10-7-2)63(59-54-58-62(4)5)61(64)57-53-50-47-44-41-38-35-32-29-26-23-20-17-14-11-8-3/h18-19,21-23,26-28,30-32,35,60H,6-17,20,24-25,29,33-34,36-59H2,1-5H3/b21-18-,22-19-,26-23-,30-27-,31-28-,35-32-. The van der Waals surface area contributed by atoms with E-state index < -0.39 is 0 Å². The van der Waals surface area contributed by atoms with Crippen LogP contribution in [-0.4, -0.2) is 48.9 Å². The highest BCUT2D eigenvalue weighted by molar-refractivity contribution is 5.76. The van der Waals surface area contributed by atoms with Crippen molar-refractivity contribution in [2.24, 2.45) is 0 Å². The molecule has 3 nitrogen and oxygen atoms in total.